The van der Waals surface area contributed by atoms with Crippen molar-refractivity contribution >= 4 is 23.0 Å². The summed E-state index contributed by atoms with van der Waals surface area (Å²) in [6.45, 7) is 6.28. The van der Waals surface area contributed by atoms with Crippen molar-refractivity contribution < 1.29 is 4.74 Å². The molecule has 0 amide bonds. The summed E-state index contributed by atoms with van der Waals surface area (Å²) in [5.41, 5.74) is 2.08. The van der Waals surface area contributed by atoms with Gasteiger partial charge in [-0.25, -0.2) is 0 Å². The quantitative estimate of drug-likeness (QED) is 0.828. The van der Waals surface area contributed by atoms with Crippen LogP contribution in [0.2, 0.25) is 0 Å². The van der Waals surface area contributed by atoms with Gasteiger partial charge in [0.05, 0.1) is 12.6 Å². The smallest absolute Gasteiger partial charge is 0.178 e. The fourth-order valence-corrected chi connectivity index (χ4v) is 2.68. The number of nitrogens with zero attached hydrogens (tertiary/aromatic N) is 1. The predicted octanol–water partition coefficient (Wildman–Crippen LogP) is 3.07. The molecule has 0 spiro atoms. The normalized spacial score (nSPS) is 18.1. The van der Waals surface area contributed by atoms with E-state index in [1.165, 1.54) is 0 Å². The van der Waals surface area contributed by atoms with Gasteiger partial charge in [0.2, 0.25) is 0 Å². The molecule has 1 N–H and O–H groups in total. The number of rotatable bonds is 2. The lowest BCUT2D eigenvalue weighted by molar-refractivity contribution is 0.415. The van der Waals surface area contributed by atoms with E-state index in [4.69, 9.17) is 17.0 Å². The van der Waals surface area contributed by atoms with Crippen LogP contribution in [0.15, 0.2) is 36.0 Å². The van der Waals surface area contributed by atoms with Crippen molar-refractivity contribution in [2.45, 2.75) is 26.3 Å². The molecule has 1 aromatic rings. The van der Waals surface area contributed by atoms with E-state index in [-0.39, 0.29) is 5.54 Å². The largest absolute Gasteiger partial charge is 0.497 e. The lowest BCUT2D eigenvalue weighted by Gasteiger charge is -2.38. The summed E-state index contributed by atoms with van der Waals surface area (Å²) < 4.78 is 5.16. The minimum Gasteiger partial charge on any atom is -0.497 e. The average Bonchev–Trinajstić information content (AvgIpc) is 2.27. The van der Waals surface area contributed by atoms with E-state index in [9.17, 15) is 0 Å². The minimum atomic E-state index is -0.0931. The molecule has 0 radical (unpaired) electrons. The molecular formula is C14H18N2OS. The van der Waals surface area contributed by atoms with Crippen molar-refractivity contribution in [1.82, 2.24) is 5.32 Å². The summed E-state index contributed by atoms with van der Waals surface area (Å²) >= 11 is 5.44. The van der Waals surface area contributed by atoms with Gasteiger partial charge in [0.15, 0.2) is 5.11 Å². The Bertz CT molecular complexity index is 491. The van der Waals surface area contributed by atoms with Gasteiger partial charge in [-0.05, 0) is 63.3 Å². The molecule has 0 saturated carbocycles. The summed E-state index contributed by atoms with van der Waals surface area (Å²) in [6, 6.07) is 7.88. The topological polar surface area (TPSA) is 24.5 Å². The van der Waals surface area contributed by atoms with Crippen LogP contribution in [0.1, 0.15) is 20.8 Å². The predicted molar refractivity (Wildman–Crippen MR) is 79.0 cm³/mol. The Morgan fingerprint density at radius 3 is 2.33 bits per heavy atom. The number of benzene rings is 1. The first-order valence-corrected chi connectivity index (χ1v) is 6.29. The molecule has 0 fully saturated rings. The summed E-state index contributed by atoms with van der Waals surface area (Å²) in [5.74, 6) is 0.844. The van der Waals surface area contributed by atoms with Gasteiger partial charge < -0.3 is 10.1 Å². The van der Waals surface area contributed by atoms with E-state index in [1.54, 1.807) is 7.11 Å². The molecule has 0 unspecified atom stereocenters. The third kappa shape index (κ3) is 2.48. The number of allylic oxidation sites excluding steroid dienone is 1. The van der Waals surface area contributed by atoms with E-state index in [2.05, 4.69) is 32.2 Å². The summed E-state index contributed by atoms with van der Waals surface area (Å²) in [6.07, 6.45) is 2.17. The van der Waals surface area contributed by atoms with Crippen LogP contribution >= 0.6 is 12.2 Å². The molecule has 1 aliphatic heterocycles. The Morgan fingerprint density at radius 1 is 1.22 bits per heavy atom. The highest BCUT2D eigenvalue weighted by Crippen LogP contribution is 2.27. The van der Waals surface area contributed by atoms with Gasteiger partial charge in [-0.2, -0.15) is 0 Å². The van der Waals surface area contributed by atoms with Crippen LogP contribution in [0, 0.1) is 0 Å². The van der Waals surface area contributed by atoms with Crippen LogP contribution in [0.4, 0.5) is 5.69 Å². The van der Waals surface area contributed by atoms with Crippen molar-refractivity contribution in [2.75, 3.05) is 12.0 Å². The van der Waals surface area contributed by atoms with Crippen molar-refractivity contribution in [3.8, 4) is 5.75 Å². The van der Waals surface area contributed by atoms with Crippen LogP contribution in [0.5, 0.6) is 5.75 Å². The molecule has 0 bridgehead atoms. The second-order valence-corrected chi connectivity index (χ2v) is 5.36. The lowest BCUT2D eigenvalue weighted by Crippen LogP contribution is -2.53. The number of thiocarbonyl (C=S) groups is 1. The fourth-order valence-electron chi connectivity index (χ4n) is 2.17. The number of hydrogen-bond donors (Lipinski definition) is 1. The van der Waals surface area contributed by atoms with Crippen molar-refractivity contribution in [3.05, 3.63) is 36.0 Å². The molecule has 4 heteroatoms. The van der Waals surface area contributed by atoms with Crippen LogP contribution < -0.4 is 15.0 Å². The minimum absolute atomic E-state index is 0.0931. The molecule has 0 aromatic heterocycles. The molecular weight excluding hydrogens is 244 g/mol. The van der Waals surface area contributed by atoms with Gasteiger partial charge >= 0.3 is 0 Å². The van der Waals surface area contributed by atoms with Crippen LogP contribution in [-0.4, -0.2) is 17.8 Å². The number of anilines is 1. The molecule has 0 saturated heterocycles. The Kier molecular flexibility index (Phi) is 3.30. The molecule has 18 heavy (non-hydrogen) atoms. The molecule has 1 heterocycles. The molecule has 0 aliphatic carbocycles. The van der Waals surface area contributed by atoms with Crippen LogP contribution in [0.25, 0.3) is 0 Å². The standard InChI is InChI=1S/C14H18N2OS/c1-10-9-14(2,3)15-13(18)16(10)11-5-7-12(17-4)8-6-11/h5-9H,1-4H3,(H,15,18). The molecule has 2 rings (SSSR count). The van der Waals surface area contributed by atoms with Gasteiger partial charge in [0, 0.05) is 11.4 Å². The number of ether oxygens (including phenoxy) is 1. The van der Waals surface area contributed by atoms with E-state index in [0.29, 0.717) is 0 Å². The Hall–Kier alpha value is -1.55. The number of methoxy groups -OCH3 is 1. The highest BCUT2D eigenvalue weighted by Gasteiger charge is 2.27. The first kappa shape index (κ1) is 12.9. The van der Waals surface area contributed by atoms with Crippen LogP contribution in [-0.2, 0) is 0 Å². The molecule has 96 valence electrons. The maximum absolute atomic E-state index is 5.44. The summed E-state index contributed by atoms with van der Waals surface area (Å²) in [5, 5.41) is 4.04. The second-order valence-electron chi connectivity index (χ2n) is 4.97. The van der Waals surface area contributed by atoms with Crippen molar-refractivity contribution in [3.63, 3.8) is 0 Å². The SMILES string of the molecule is COc1ccc(N2C(=S)NC(C)(C)C=C2C)cc1. The average molecular weight is 262 g/mol. The zero-order chi connectivity index (χ0) is 13.3. The molecule has 1 aromatic carbocycles. The number of nitrogens with one attached hydrogen (secondary N) is 1. The highest BCUT2D eigenvalue weighted by molar-refractivity contribution is 7.80. The zero-order valence-corrected chi connectivity index (χ0v) is 12.0. The second kappa shape index (κ2) is 4.61. The third-order valence-corrected chi connectivity index (χ3v) is 3.17. The van der Waals surface area contributed by atoms with Gasteiger partial charge in [-0.3, -0.25) is 4.90 Å². The van der Waals surface area contributed by atoms with E-state index < -0.39 is 0 Å². The highest BCUT2D eigenvalue weighted by atomic mass is 32.1. The third-order valence-electron chi connectivity index (χ3n) is 2.89. The Morgan fingerprint density at radius 2 is 1.83 bits per heavy atom. The van der Waals surface area contributed by atoms with E-state index in [0.717, 1.165) is 22.2 Å². The maximum atomic E-state index is 5.44. The Balaban J connectivity index is 2.35. The molecule has 1 aliphatic rings. The first-order valence-electron chi connectivity index (χ1n) is 5.89. The van der Waals surface area contributed by atoms with Crippen LogP contribution in [0.3, 0.4) is 0 Å². The molecule has 0 atom stereocenters. The van der Waals surface area contributed by atoms with Crippen molar-refractivity contribution in [2.24, 2.45) is 0 Å². The van der Waals surface area contributed by atoms with Crippen molar-refractivity contribution in [1.29, 1.82) is 0 Å². The lowest BCUT2D eigenvalue weighted by atomic mass is 10.0. The summed E-state index contributed by atoms with van der Waals surface area (Å²) in [7, 11) is 1.66. The van der Waals surface area contributed by atoms with Gasteiger partial charge in [-0.15, -0.1) is 0 Å². The first-order chi connectivity index (χ1) is 8.43. The Labute approximate surface area is 113 Å². The molecule has 3 nitrogen and oxygen atoms in total. The number of hydrogen-bond acceptors (Lipinski definition) is 2. The summed E-state index contributed by atoms with van der Waals surface area (Å²) in [4.78, 5) is 2.03. The fraction of sp³-hybridized carbons (Fsp3) is 0.357. The van der Waals surface area contributed by atoms with E-state index >= 15 is 0 Å². The monoisotopic (exact) mass is 262 g/mol. The maximum Gasteiger partial charge on any atom is 0.178 e. The van der Waals surface area contributed by atoms with E-state index in [1.807, 2.05) is 29.2 Å². The van der Waals surface area contributed by atoms with Gasteiger partial charge in [-0.1, -0.05) is 0 Å². The van der Waals surface area contributed by atoms with Gasteiger partial charge in [0.1, 0.15) is 5.75 Å². The van der Waals surface area contributed by atoms with Gasteiger partial charge in [0.25, 0.3) is 0 Å². The zero-order valence-electron chi connectivity index (χ0n) is 11.2.